The number of allylic oxidation sites excluding steroid dienone is 1. The highest BCUT2D eigenvalue weighted by atomic mass is 16.5. The maximum absolute atomic E-state index is 10.8. The summed E-state index contributed by atoms with van der Waals surface area (Å²) in [4.78, 5) is 10.8. The van der Waals surface area contributed by atoms with Gasteiger partial charge >= 0.3 is 5.97 Å². The summed E-state index contributed by atoms with van der Waals surface area (Å²) in [5.74, 6) is -0.348. The minimum Gasteiger partial charge on any atom is -0.466 e. The number of esters is 1. The van der Waals surface area contributed by atoms with Gasteiger partial charge in [0.2, 0.25) is 0 Å². The van der Waals surface area contributed by atoms with Crippen molar-refractivity contribution in [1.29, 1.82) is 0 Å². The summed E-state index contributed by atoms with van der Waals surface area (Å²) >= 11 is 0. The largest absolute Gasteiger partial charge is 0.466 e. The van der Waals surface area contributed by atoms with E-state index in [9.17, 15) is 4.79 Å². The molecular formula is C13H14O2. The van der Waals surface area contributed by atoms with Gasteiger partial charge in [-0.2, -0.15) is 0 Å². The number of carbonyl (C=O) groups excluding carboxylic acids is 1. The number of hydrogen-bond donors (Lipinski definition) is 0. The van der Waals surface area contributed by atoms with Gasteiger partial charge in [0.05, 0.1) is 7.11 Å². The smallest absolute Gasteiger partial charge is 0.330 e. The average molecular weight is 202 g/mol. The topological polar surface area (TPSA) is 26.3 Å². The van der Waals surface area contributed by atoms with Gasteiger partial charge in [-0.15, -0.1) is 0 Å². The van der Waals surface area contributed by atoms with Crippen molar-refractivity contribution in [3.05, 3.63) is 48.0 Å². The second-order valence-electron chi connectivity index (χ2n) is 3.26. The highest BCUT2D eigenvalue weighted by Gasteiger charge is 1.94. The highest BCUT2D eigenvalue weighted by Crippen LogP contribution is 2.13. The van der Waals surface area contributed by atoms with Crippen molar-refractivity contribution in [2.45, 2.75) is 6.92 Å². The molecule has 78 valence electrons. The van der Waals surface area contributed by atoms with Crippen LogP contribution in [0.25, 0.3) is 11.6 Å². The minimum absolute atomic E-state index is 0.348. The van der Waals surface area contributed by atoms with Crippen LogP contribution in [0.5, 0.6) is 0 Å². The molecule has 0 amide bonds. The molecule has 0 aliphatic heterocycles. The summed E-state index contributed by atoms with van der Waals surface area (Å²) in [5.41, 5.74) is 3.09. The Morgan fingerprint density at radius 1 is 1.33 bits per heavy atom. The van der Waals surface area contributed by atoms with Crippen LogP contribution in [0.15, 0.2) is 36.9 Å². The molecule has 0 unspecified atom stereocenters. The number of rotatable bonds is 3. The molecule has 0 fully saturated rings. The van der Waals surface area contributed by atoms with Crippen molar-refractivity contribution >= 4 is 17.6 Å². The summed E-state index contributed by atoms with van der Waals surface area (Å²) in [7, 11) is 1.36. The zero-order valence-corrected chi connectivity index (χ0v) is 8.99. The van der Waals surface area contributed by atoms with Crippen LogP contribution in [0.4, 0.5) is 0 Å². The molecule has 0 aromatic heterocycles. The predicted molar refractivity (Wildman–Crippen MR) is 62.2 cm³/mol. The van der Waals surface area contributed by atoms with Crippen LogP contribution in [0.2, 0.25) is 0 Å². The Bertz CT molecular complexity index is 386. The Morgan fingerprint density at radius 3 is 2.40 bits per heavy atom. The molecule has 15 heavy (non-hydrogen) atoms. The lowest BCUT2D eigenvalue weighted by Gasteiger charge is -1.99. The number of benzene rings is 1. The van der Waals surface area contributed by atoms with Gasteiger partial charge in [0, 0.05) is 6.08 Å². The maximum atomic E-state index is 10.8. The Kier molecular flexibility index (Phi) is 3.86. The lowest BCUT2D eigenvalue weighted by Crippen LogP contribution is -1.93. The van der Waals surface area contributed by atoms with E-state index in [0.717, 1.165) is 16.7 Å². The van der Waals surface area contributed by atoms with Gasteiger partial charge in [0.15, 0.2) is 0 Å². The van der Waals surface area contributed by atoms with Gasteiger partial charge in [-0.25, -0.2) is 4.79 Å². The van der Waals surface area contributed by atoms with Crippen LogP contribution in [0.3, 0.4) is 0 Å². The summed E-state index contributed by atoms with van der Waals surface area (Å²) in [6.45, 7) is 5.81. The monoisotopic (exact) mass is 202 g/mol. The lowest BCUT2D eigenvalue weighted by atomic mass is 10.1. The normalized spacial score (nSPS) is 10.3. The summed E-state index contributed by atoms with van der Waals surface area (Å²) in [6.07, 6.45) is 3.11. The van der Waals surface area contributed by atoms with Gasteiger partial charge in [-0.05, 0) is 24.1 Å². The van der Waals surface area contributed by atoms with Gasteiger partial charge in [-0.1, -0.05) is 36.4 Å². The molecule has 0 saturated heterocycles. The molecule has 2 heteroatoms. The highest BCUT2D eigenvalue weighted by molar-refractivity contribution is 5.86. The molecule has 0 spiro atoms. The second kappa shape index (κ2) is 5.15. The molecule has 1 rings (SSSR count). The van der Waals surface area contributed by atoms with E-state index in [4.69, 9.17) is 0 Å². The molecule has 0 radical (unpaired) electrons. The fraction of sp³-hybridized carbons (Fsp3) is 0.154. The Hall–Kier alpha value is -1.83. The van der Waals surface area contributed by atoms with E-state index in [2.05, 4.69) is 11.3 Å². The van der Waals surface area contributed by atoms with E-state index in [0.29, 0.717) is 0 Å². The van der Waals surface area contributed by atoms with Gasteiger partial charge in [0.1, 0.15) is 0 Å². The first kappa shape index (κ1) is 11.2. The SMILES string of the molecule is C=C(C)c1ccc(C=CC(=O)OC)cc1. The molecule has 1 aromatic carbocycles. The third-order valence-electron chi connectivity index (χ3n) is 2.02. The quantitative estimate of drug-likeness (QED) is 0.556. The van der Waals surface area contributed by atoms with Crippen LogP contribution < -0.4 is 0 Å². The van der Waals surface area contributed by atoms with Crippen molar-refractivity contribution in [3.8, 4) is 0 Å². The Morgan fingerprint density at radius 2 is 1.93 bits per heavy atom. The number of hydrogen-bond acceptors (Lipinski definition) is 2. The predicted octanol–water partition coefficient (Wildman–Crippen LogP) is 2.91. The van der Waals surface area contributed by atoms with E-state index in [-0.39, 0.29) is 5.97 Å². The van der Waals surface area contributed by atoms with Crippen LogP contribution in [-0.2, 0) is 9.53 Å². The molecule has 0 saturated carbocycles. The fourth-order valence-corrected chi connectivity index (χ4v) is 1.11. The van der Waals surface area contributed by atoms with E-state index in [1.54, 1.807) is 6.08 Å². The molecule has 1 aromatic rings. The van der Waals surface area contributed by atoms with E-state index < -0.39 is 0 Å². The number of methoxy groups -OCH3 is 1. The molecule has 2 nitrogen and oxygen atoms in total. The summed E-state index contributed by atoms with van der Waals surface area (Å²) in [6, 6.07) is 7.81. The van der Waals surface area contributed by atoms with E-state index in [1.807, 2.05) is 31.2 Å². The third-order valence-corrected chi connectivity index (χ3v) is 2.02. The van der Waals surface area contributed by atoms with Crippen LogP contribution >= 0.6 is 0 Å². The first-order valence-electron chi connectivity index (χ1n) is 4.65. The lowest BCUT2D eigenvalue weighted by molar-refractivity contribution is -0.134. The zero-order chi connectivity index (χ0) is 11.3. The minimum atomic E-state index is -0.348. The van der Waals surface area contributed by atoms with Crippen molar-refractivity contribution in [3.63, 3.8) is 0 Å². The number of ether oxygens (including phenoxy) is 1. The second-order valence-corrected chi connectivity index (χ2v) is 3.26. The average Bonchev–Trinajstić information content (AvgIpc) is 2.26. The van der Waals surface area contributed by atoms with Gasteiger partial charge in [0.25, 0.3) is 0 Å². The summed E-state index contributed by atoms with van der Waals surface area (Å²) in [5, 5.41) is 0. The molecule has 0 bridgehead atoms. The standard InChI is InChI=1S/C13H14O2/c1-10(2)12-7-4-11(5-8-12)6-9-13(14)15-3/h4-9H,1H2,2-3H3. The molecule has 0 aliphatic carbocycles. The first-order chi connectivity index (χ1) is 7.13. The third kappa shape index (κ3) is 3.43. The van der Waals surface area contributed by atoms with Crippen LogP contribution in [0, 0.1) is 0 Å². The molecule has 0 N–H and O–H groups in total. The van der Waals surface area contributed by atoms with Crippen LogP contribution in [-0.4, -0.2) is 13.1 Å². The maximum Gasteiger partial charge on any atom is 0.330 e. The van der Waals surface area contributed by atoms with Gasteiger partial charge < -0.3 is 4.74 Å². The zero-order valence-electron chi connectivity index (χ0n) is 8.99. The van der Waals surface area contributed by atoms with Crippen molar-refractivity contribution < 1.29 is 9.53 Å². The first-order valence-corrected chi connectivity index (χ1v) is 4.65. The summed E-state index contributed by atoms with van der Waals surface area (Å²) < 4.78 is 4.49. The number of carbonyl (C=O) groups is 1. The molecule has 0 heterocycles. The Balaban J connectivity index is 2.77. The fourth-order valence-electron chi connectivity index (χ4n) is 1.11. The van der Waals surface area contributed by atoms with Crippen LogP contribution in [0.1, 0.15) is 18.1 Å². The van der Waals surface area contributed by atoms with Crippen molar-refractivity contribution in [2.24, 2.45) is 0 Å². The van der Waals surface area contributed by atoms with Crippen molar-refractivity contribution in [2.75, 3.05) is 7.11 Å². The molecular weight excluding hydrogens is 188 g/mol. The van der Waals surface area contributed by atoms with Gasteiger partial charge in [-0.3, -0.25) is 0 Å². The molecule has 0 aliphatic rings. The van der Waals surface area contributed by atoms with Crippen molar-refractivity contribution in [1.82, 2.24) is 0 Å². The van der Waals surface area contributed by atoms with E-state index >= 15 is 0 Å². The Labute approximate surface area is 89.9 Å². The van der Waals surface area contributed by atoms with E-state index in [1.165, 1.54) is 13.2 Å². The molecule has 0 atom stereocenters.